The lowest BCUT2D eigenvalue weighted by atomic mass is 10.0. The van der Waals surface area contributed by atoms with Crippen LogP contribution in [0.5, 0.6) is 0 Å². The van der Waals surface area contributed by atoms with Gasteiger partial charge < -0.3 is 15.0 Å². The van der Waals surface area contributed by atoms with Crippen LogP contribution in [-0.4, -0.2) is 44.8 Å². The lowest BCUT2D eigenvalue weighted by molar-refractivity contribution is 0.0633. The van der Waals surface area contributed by atoms with E-state index in [0.29, 0.717) is 6.10 Å². The van der Waals surface area contributed by atoms with E-state index < -0.39 is 0 Å². The fourth-order valence-electron chi connectivity index (χ4n) is 2.12. The molecule has 1 rings (SSSR count). The van der Waals surface area contributed by atoms with Gasteiger partial charge >= 0.3 is 0 Å². The first-order chi connectivity index (χ1) is 9.54. The molecular formula is C16H27ClN2O. The minimum Gasteiger partial charge on any atom is -0.377 e. The predicted octanol–water partition coefficient (Wildman–Crippen LogP) is 3.35. The third-order valence-electron chi connectivity index (χ3n) is 3.35. The quantitative estimate of drug-likeness (QED) is 0.757. The van der Waals surface area contributed by atoms with Gasteiger partial charge in [-0.05, 0) is 52.5 Å². The molecule has 20 heavy (non-hydrogen) atoms. The van der Waals surface area contributed by atoms with E-state index in [1.807, 2.05) is 25.2 Å². The van der Waals surface area contributed by atoms with Gasteiger partial charge in [-0.25, -0.2) is 0 Å². The summed E-state index contributed by atoms with van der Waals surface area (Å²) in [7, 11) is 4.11. The first-order valence-corrected chi connectivity index (χ1v) is 7.64. The molecule has 0 aliphatic rings. The Morgan fingerprint density at radius 2 is 1.95 bits per heavy atom. The van der Waals surface area contributed by atoms with Crippen molar-refractivity contribution < 1.29 is 4.74 Å². The van der Waals surface area contributed by atoms with Gasteiger partial charge in [0, 0.05) is 17.6 Å². The first-order valence-electron chi connectivity index (χ1n) is 7.26. The summed E-state index contributed by atoms with van der Waals surface area (Å²) in [6.07, 6.45) is 1.33. The van der Waals surface area contributed by atoms with Crippen molar-refractivity contribution in [3.05, 3.63) is 34.9 Å². The maximum atomic E-state index is 6.26. The second-order valence-corrected chi connectivity index (χ2v) is 5.78. The smallest absolute Gasteiger partial charge is 0.0596 e. The fraction of sp³-hybridized carbons (Fsp3) is 0.625. The normalized spacial score (nSPS) is 13.2. The molecule has 114 valence electrons. The molecule has 1 unspecified atom stereocenters. The third-order valence-corrected chi connectivity index (χ3v) is 3.70. The van der Waals surface area contributed by atoms with E-state index in [1.54, 1.807) is 0 Å². The number of hydrogen-bond acceptors (Lipinski definition) is 3. The summed E-state index contributed by atoms with van der Waals surface area (Å²) in [5, 5.41) is 4.18. The molecule has 1 aromatic carbocycles. The second-order valence-electron chi connectivity index (χ2n) is 5.37. The van der Waals surface area contributed by atoms with Crippen LogP contribution in [0.1, 0.15) is 31.9 Å². The zero-order chi connectivity index (χ0) is 15.0. The van der Waals surface area contributed by atoms with Crippen LogP contribution in [0.3, 0.4) is 0 Å². The number of halogens is 1. The van der Waals surface area contributed by atoms with E-state index in [2.05, 4.69) is 37.2 Å². The standard InChI is InChI=1S/C16H27ClN2O/c1-13(2)20-12-11-19(4)10-9-16(18-3)14-7-5-6-8-15(14)17/h5-8,13,16,18H,9-12H2,1-4H3. The van der Waals surface area contributed by atoms with Crippen LogP contribution in [0.25, 0.3) is 0 Å². The van der Waals surface area contributed by atoms with Crippen LogP contribution in [0.2, 0.25) is 5.02 Å². The number of likely N-dealkylation sites (N-methyl/N-ethyl adjacent to an activating group) is 1. The number of benzene rings is 1. The molecule has 0 spiro atoms. The first kappa shape index (κ1) is 17.4. The van der Waals surface area contributed by atoms with Gasteiger partial charge in [0.25, 0.3) is 0 Å². The van der Waals surface area contributed by atoms with Crippen molar-refractivity contribution in [2.24, 2.45) is 0 Å². The Labute approximate surface area is 128 Å². The van der Waals surface area contributed by atoms with Gasteiger partial charge in [0.05, 0.1) is 12.7 Å². The van der Waals surface area contributed by atoms with Crippen molar-refractivity contribution in [1.29, 1.82) is 0 Å². The maximum Gasteiger partial charge on any atom is 0.0596 e. The molecule has 3 nitrogen and oxygen atoms in total. The topological polar surface area (TPSA) is 24.5 Å². The van der Waals surface area contributed by atoms with Gasteiger partial charge in [-0.2, -0.15) is 0 Å². The summed E-state index contributed by atoms with van der Waals surface area (Å²) in [5.74, 6) is 0. The SMILES string of the molecule is CNC(CCN(C)CCOC(C)C)c1ccccc1Cl. The Hall–Kier alpha value is -0.610. The molecule has 0 saturated heterocycles. The number of nitrogens with one attached hydrogen (secondary N) is 1. The van der Waals surface area contributed by atoms with Crippen LogP contribution in [0.15, 0.2) is 24.3 Å². The predicted molar refractivity (Wildman–Crippen MR) is 86.5 cm³/mol. The molecule has 1 atom stereocenters. The molecule has 0 fully saturated rings. The molecule has 0 amide bonds. The summed E-state index contributed by atoms with van der Waals surface area (Å²) in [6.45, 7) is 6.88. The lowest BCUT2D eigenvalue weighted by Crippen LogP contribution is -2.28. The highest BCUT2D eigenvalue weighted by atomic mass is 35.5. The van der Waals surface area contributed by atoms with Crippen molar-refractivity contribution in [2.75, 3.05) is 33.8 Å². The van der Waals surface area contributed by atoms with E-state index in [1.165, 1.54) is 5.56 Å². The largest absolute Gasteiger partial charge is 0.377 e. The molecule has 1 N–H and O–H groups in total. The van der Waals surface area contributed by atoms with Gasteiger partial charge in [-0.3, -0.25) is 0 Å². The molecule has 0 heterocycles. The molecule has 4 heteroatoms. The van der Waals surface area contributed by atoms with Crippen LogP contribution in [-0.2, 0) is 4.74 Å². The Bertz CT molecular complexity index is 384. The summed E-state index contributed by atoms with van der Waals surface area (Å²) >= 11 is 6.26. The summed E-state index contributed by atoms with van der Waals surface area (Å²) in [5.41, 5.74) is 1.17. The second kappa shape index (κ2) is 9.35. The van der Waals surface area contributed by atoms with E-state index in [-0.39, 0.29) is 6.04 Å². The highest BCUT2D eigenvalue weighted by molar-refractivity contribution is 6.31. The van der Waals surface area contributed by atoms with Crippen LogP contribution in [0, 0.1) is 0 Å². The zero-order valence-corrected chi connectivity index (χ0v) is 13.8. The van der Waals surface area contributed by atoms with Gasteiger partial charge in [-0.15, -0.1) is 0 Å². The van der Waals surface area contributed by atoms with Gasteiger partial charge in [0.1, 0.15) is 0 Å². The Morgan fingerprint density at radius 1 is 1.25 bits per heavy atom. The Morgan fingerprint density at radius 3 is 2.55 bits per heavy atom. The molecule has 0 radical (unpaired) electrons. The van der Waals surface area contributed by atoms with E-state index in [0.717, 1.165) is 31.1 Å². The molecule has 1 aromatic rings. The molecule has 0 bridgehead atoms. The molecule has 0 aliphatic heterocycles. The zero-order valence-electron chi connectivity index (χ0n) is 13.0. The van der Waals surface area contributed by atoms with Gasteiger partial charge in [-0.1, -0.05) is 29.8 Å². The van der Waals surface area contributed by atoms with Crippen molar-refractivity contribution in [1.82, 2.24) is 10.2 Å². The fourth-order valence-corrected chi connectivity index (χ4v) is 2.39. The van der Waals surface area contributed by atoms with Crippen LogP contribution < -0.4 is 5.32 Å². The molecule has 0 saturated carbocycles. The van der Waals surface area contributed by atoms with E-state index in [4.69, 9.17) is 16.3 Å². The van der Waals surface area contributed by atoms with Crippen molar-refractivity contribution in [3.63, 3.8) is 0 Å². The minimum atomic E-state index is 0.289. The van der Waals surface area contributed by atoms with E-state index in [9.17, 15) is 0 Å². The van der Waals surface area contributed by atoms with Crippen molar-refractivity contribution >= 4 is 11.6 Å². The monoisotopic (exact) mass is 298 g/mol. The maximum absolute atomic E-state index is 6.26. The minimum absolute atomic E-state index is 0.289. The highest BCUT2D eigenvalue weighted by Gasteiger charge is 2.13. The van der Waals surface area contributed by atoms with Crippen molar-refractivity contribution in [2.45, 2.75) is 32.4 Å². The average Bonchev–Trinajstić information content (AvgIpc) is 2.41. The summed E-state index contributed by atoms with van der Waals surface area (Å²) in [6, 6.07) is 8.32. The molecular weight excluding hydrogens is 272 g/mol. The van der Waals surface area contributed by atoms with E-state index >= 15 is 0 Å². The van der Waals surface area contributed by atoms with Crippen molar-refractivity contribution in [3.8, 4) is 0 Å². The third kappa shape index (κ3) is 6.23. The summed E-state index contributed by atoms with van der Waals surface area (Å²) in [4.78, 5) is 2.30. The van der Waals surface area contributed by atoms with Gasteiger partial charge in [0.15, 0.2) is 0 Å². The molecule has 0 aliphatic carbocycles. The number of ether oxygens (including phenoxy) is 1. The lowest BCUT2D eigenvalue weighted by Gasteiger charge is -2.22. The van der Waals surface area contributed by atoms with Gasteiger partial charge in [0.2, 0.25) is 0 Å². The number of nitrogens with zero attached hydrogens (tertiary/aromatic N) is 1. The summed E-state index contributed by atoms with van der Waals surface area (Å²) < 4.78 is 5.57. The Kier molecular flexibility index (Phi) is 8.15. The molecule has 0 aromatic heterocycles. The van der Waals surface area contributed by atoms with Crippen LogP contribution >= 0.6 is 11.6 Å². The number of rotatable bonds is 9. The Balaban J connectivity index is 2.40. The average molecular weight is 299 g/mol. The highest BCUT2D eigenvalue weighted by Crippen LogP contribution is 2.24. The van der Waals surface area contributed by atoms with Crippen LogP contribution in [0.4, 0.5) is 0 Å². The number of hydrogen-bond donors (Lipinski definition) is 1.